The number of fused-ring (bicyclic) bond motifs is 14. The second kappa shape index (κ2) is 18.2. The summed E-state index contributed by atoms with van der Waals surface area (Å²) in [4.78, 5) is 42.3. The Morgan fingerprint density at radius 3 is 2.27 bits per heavy atom. The lowest BCUT2D eigenvalue weighted by Crippen LogP contribution is -2.46. The number of phenols is 3. The van der Waals surface area contributed by atoms with E-state index >= 15 is 0 Å². The zero-order valence-corrected chi connectivity index (χ0v) is 34.9. The van der Waals surface area contributed by atoms with E-state index in [4.69, 9.17) is 18.9 Å². The fraction of sp³-hybridized carbons (Fsp3) is 0.512. The lowest BCUT2D eigenvalue weighted by molar-refractivity contribution is -0.160. The molecule has 0 spiro atoms. The maximum atomic E-state index is 14.4. The Balaban J connectivity index is 1.70. The number of ether oxygens (including phenoxy) is 4. The van der Waals surface area contributed by atoms with Gasteiger partial charge in [-0.15, -0.1) is 5.10 Å². The van der Waals surface area contributed by atoms with Gasteiger partial charge in [0.25, 0.3) is 11.7 Å². The number of anilines is 1. The van der Waals surface area contributed by atoms with Crippen molar-refractivity contribution in [3.05, 3.63) is 52.8 Å². The molecule has 4 aliphatic heterocycles. The first-order chi connectivity index (χ1) is 27.8. The van der Waals surface area contributed by atoms with Crippen molar-refractivity contribution in [3.8, 4) is 23.0 Å². The first-order valence-corrected chi connectivity index (χ1v) is 19.7. The number of ketones is 1. The highest BCUT2D eigenvalue weighted by Gasteiger charge is 2.50. The maximum Gasteiger partial charge on any atom is 0.312 e. The van der Waals surface area contributed by atoms with E-state index in [1.807, 2.05) is 4.90 Å². The number of hydrogen-bond acceptors (Lipinski definition) is 14. The number of phenolic OH excluding ortho intramolecular Hbond substituents is 3. The number of esters is 1. The van der Waals surface area contributed by atoms with E-state index in [0.717, 1.165) is 32.1 Å². The standard InChI is InChI=1S/C43H56N4O12/c1-21-13-12-14-22(2)42(55)46-33-28(19-44-45-20-47-16-10-11-17-47)37(52)30-31(38(33)53)36(51)26(6)40-32(30)41(54)43(8,59-40)57-18-15-29(56-9)23(3)39(58-27(7)48)25(5)35(50)24(4)34(21)49/h12-15,18-21,23-25,29,34-35,39,49-53H,10-11,16-17H2,1-9H3,(H,46,55)/b13-12+,18-15+,22-14-,44-19+,45-20+/t21-,23-,24-,25+,29+,34+,35+,39-,43+/m1/s1. The van der Waals surface area contributed by atoms with E-state index < -0.39 is 88.8 Å². The van der Waals surface area contributed by atoms with Crippen LogP contribution in [0, 0.1) is 30.6 Å². The molecule has 9 atom stereocenters. The SMILES string of the molecule is CO[C@H]1/C=C/O[C@@]2(C)Oc3c(C)c(O)c4c(O)c(c(/C=N/N=C/N5CCCC5)c(O)c4c3C2=O)NC(=O)/C(C)=C\C=C\[C@@H](C)[C@H](O)[C@@H](C)[C@H](O)[C@H](C)[C@H](OC(C)=O)[C@@H]1C. The highest BCUT2D eigenvalue weighted by molar-refractivity contribution is 6.23. The first kappa shape index (κ1) is 44.6. The number of methoxy groups -OCH3 is 1. The fourth-order valence-electron chi connectivity index (χ4n) is 7.92. The average Bonchev–Trinajstić information content (AvgIpc) is 3.82. The third-order valence-electron chi connectivity index (χ3n) is 11.6. The average molecular weight is 821 g/mol. The lowest BCUT2D eigenvalue weighted by atomic mass is 9.78. The number of allylic oxidation sites excluding steroid dienone is 2. The predicted molar refractivity (Wildman–Crippen MR) is 221 cm³/mol. The van der Waals surface area contributed by atoms with Gasteiger partial charge in [-0.1, -0.05) is 45.9 Å². The van der Waals surface area contributed by atoms with Crippen LogP contribution in [0.2, 0.25) is 0 Å². The maximum absolute atomic E-state index is 14.4. The van der Waals surface area contributed by atoms with Gasteiger partial charge in [0.1, 0.15) is 29.7 Å². The van der Waals surface area contributed by atoms with E-state index in [1.54, 1.807) is 39.8 Å². The van der Waals surface area contributed by atoms with E-state index in [2.05, 4.69) is 15.5 Å². The summed E-state index contributed by atoms with van der Waals surface area (Å²) in [6, 6.07) is 0. The highest BCUT2D eigenvalue weighted by atomic mass is 16.7. The Labute approximate surface area is 343 Å². The topological polar surface area (TPSA) is 229 Å². The molecular formula is C43H56N4O12. The Morgan fingerprint density at radius 1 is 0.949 bits per heavy atom. The molecule has 0 unspecified atom stereocenters. The highest BCUT2D eigenvalue weighted by Crippen LogP contribution is 2.55. The minimum atomic E-state index is -2.06. The second-order valence-corrected chi connectivity index (χ2v) is 15.8. The number of rotatable bonds is 5. The molecule has 320 valence electrons. The Hall–Kier alpha value is -5.45. The van der Waals surface area contributed by atoms with Crippen LogP contribution < -0.4 is 10.1 Å². The summed E-state index contributed by atoms with van der Waals surface area (Å²) in [5, 5.41) is 68.4. The number of Topliss-reactive ketones (excluding diaryl/α,β-unsaturated/α-hetero) is 1. The van der Waals surface area contributed by atoms with Gasteiger partial charge in [0.05, 0.1) is 53.0 Å². The molecule has 59 heavy (non-hydrogen) atoms. The van der Waals surface area contributed by atoms with Crippen molar-refractivity contribution in [2.24, 2.45) is 33.9 Å². The quantitative estimate of drug-likeness (QED) is 0.0569. The molecule has 16 heteroatoms. The molecule has 2 aromatic rings. The van der Waals surface area contributed by atoms with Crippen LogP contribution in [0.1, 0.15) is 82.8 Å². The summed E-state index contributed by atoms with van der Waals surface area (Å²) < 4.78 is 23.5. The Kier molecular flexibility index (Phi) is 13.8. The molecule has 16 nitrogen and oxygen atoms in total. The van der Waals surface area contributed by atoms with Crippen LogP contribution in [-0.4, -0.2) is 111 Å². The number of aliphatic hydroxyl groups is 2. The van der Waals surface area contributed by atoms with E-state index in [-0.39, 0.29) is 44.5 Å². The van der Waals surface area contributed by atoms with Gasteiger partial charge in [-0.3, -0.25) is 14.4 Å². The third kappa shape index (κ3) is 8.94. The van der Waals surface area contributed by atoms with E-state index in [1.165, 1.54) is 59.6 Å². The molecule has 4 aliphatic rings. The van der Waals surface area contributed by atoms with Gasteiger partial charge in [0, 0.05) is 74.2 Å². The van der Waals surface area contributed by atoms with Gasteiger partial charge >= 0.3 is 11.8 Å². The molecule has 1 fully saturated rings. The summed E-state index contributed by atoms with van der Waals surface area (Å²) in [7, 11) is 1.43. The molecule has 2 aromatic carbocycles. The molecule has 0 saturated carbocycles. The molecule has 5 bridgehead atoms. The molecule has 4 heterocycles. The Morgan fingerprint density at radius 2 is 1.63 bits per heavy atom. The number of carbonyl (C=O) groups excluding carboxylic acids is 3. The van der Waals surface area contributed by atoms with E-state index in [9.17, 15) is 39.9 Å². The summed E-state index contributed by atoms with van der Waals surface area (Å²) in [5.74, 6) is -8.56. The van der Waals surface area contributed by atoms with Crippen LogP contribution in [0.3, 0.4) is 0 Å². The van der Waals surface area contributed by atoms with Crippen LogP contribution in [0.15, 0.2) is 46.3 Å². The summed E-state index contributed by atoms with van der Waals surface area (Å²) in [5.41, 5.74) is -0.550. The Bertz CT molecular complexity index is 2110. The number of carbonyl (C=O) groups is 3. The van der Waals surface area contributed by atoms with Crippen molar-refractivity contribution in [2.75, 3.05) is 25.5 Å². The molecule has 0 aliphatic carbocycles. The van der Waals surface area contributed by atoms with Gasteiger partial charge in [-0.2, -0.15) is 5.10 Å². The van der Waals surface area contributed by atoms with Gasteiger partial charge in [-0.05, 0) is 32.8 Å². The summed E-state index contributed by atoms with van der Waals surface area (Å²) in [6.45, 7) is 14.0. The van der Waals surface area contributed by atoms with Crippen LogP contribution in [0.25, 0.3) is 10.8 Å². The summed E-state index contributed by atoms with van der Waals surface area (Å²) >= 11 is 0. The van der Waals surface area contributed by atoms with Crippen molar-refractivity contribution in [2.45, 2.75) is 98.4 Å². The van der Waals surface area contributed by atoms with Crippen molar-refractivity contribution in [1.82, 2.24) is 4.90 Å². The van der Waals surface area contributed by atoms with Crippen molar-refractivity contribution in [3.63, 3.8) is 0 Å². The number of likely N-dealkylation sites (tertiary alicyclic amines) is 1. The molecular weight excluding hydrogens is 764 g/mol. The normalized spacial score (nSPS) is 31.6. The smallest absolute Gasteiger partial charge is 0.312 e. The molecule has 0 aromatic heterocycles. The van der Waals surface area contributed by atoms with E-state index in [0.29, 0.717) is 0 Å². The first-order valence-electron chi connectivity index (χ1n) is 19.7. The van der Waals surface area contributed by atoms with Crippen LogP contribution >= 0.6 is 0 Å². The lowest BCUT2D eigenvalue weighted by Gasteiger charge is -2.38. The molecule has 0 radical (unpaired) electrons. The number of benzene rings is 2. The zero-order chi connectivity index (χ0) is 43.5. The number of nitrogens with zero attached hydrogens (tertiary/aromatic N) is 3. The molecule has 6 rings (SSSR count). The number of nitrogens with one attached hydrogen (secondary N) is 1. The number of amides is 1. The predicted octanol–water partition coefficient (Wildman–Crippen LogP) is 5.21. The van der Waals surface area contributed by atoms with Gasteiger partial charge in [0.15, 0.2) is 5.75 Å². The monoisotopic (exact) mass is 820 g/mol. The van der Waals surface area contributed by atoms with Crippen LogP contribution in [0.4, 0.5) is 5.69 Å². The third-order valence-corrected chi connectivity index (χ3v) is 11.6. The minimum Gasteiger partial charge on any atom is -0.507 e. The van der Waals surface area contributed by atoms with Crippen LogP contribution in [0.5, 0.6) is 23.0 Å². The number of aromatic hydroxyl groups is 3. The van der Waals surface area contributed by atoms with Crippen molar-refractivity contribution < 1.29 is 58.9 Å². The fourth-order valence-corrected chi connectivity index (χ4v) is 7.92. The van der Waals surface area contributed by atoms with Gasteiger partial charge in [-0.25, -0.2) is 0 Å². The van der Waals surface area contributed by atoms with Crippen LogP contribution in [-0.2, 0) is 23.8 Å². The van der Waals surface area contributed by atoms with Crippen molar-refractivity contribution >= 4 is 46.7 Å². The number of hydrogen-bond donors (Lipinski definition) is 6. The minimum absolute atomic E-state index is 0.0400. The zero-order valence-electron chi connectivity index (χ0n) is 34.9. The van der Waals surface area contributed by atoms with Gasteiger partial charge < -0.3 is 54.7 Å². The second-order valence-electron chi connectivity index (χ2n) is 15.8. The van der Waals surface area contributed by atoms with Crippen molar-refractivity contribution in [1.29, 1.82) is 0 Å². The number of aliphatic hydroxyl groups excluding tert-OH is 2. The summed E-state index contributed by atoms with van der Waals surface area (Å²) in [6.07, 6.45) is 8.14. The largest absolute Gasteiger partial charge is 0.507 e. The molecule has 1 saturated heterocycles. The molecule has 6 N–H and O–H groups in total. The van der Waals surface area contributed by atoms with Gasteiger partial charge in [0.2, 0.25) is 0 Å². The molecule has 1 amide bonds.